The number of fused-ring (bicyclic) bond motifs is 1. The third-order valence-corrected chi connectivity index (χ3v) is 4.12. The van der Waals surface area contributed by atoms with Crippen molar-refractivity contribution in [3.63, 3.8) is 0 Å². The summed E-state index contributed by atoms with van der Waals surface area (Å²) in [6.07, 6.45) is 0.274. The van der Waals surface area contributed by atoms with E-state index in [0.717, 1.165) is 37.4 Å². The lowest BCUT2D eigenvalue weighted by atomic mass is 10.4. The van der Waals surface area contributed by atoms with Crippen molar-refractivity contribution in [1.29, 1.82) is 0 Å². The fourth-order valence-electron chi connectivity index (χ4n) is 2.46. The van der Waals surface area contributed by atoms with Gasteiger partial charge in [0.2, 0.25) is 0 Å². The summed E-state index contributed by atoms with van der Waals surface area (Å²) in [5.41, 5.74) is 0. The molecule has 17 heavy (non-hydrogen) atoms. The van der Waals surface area contributed by atoms with Crippen LogP contribution in [-0.4, -0.2) is 78.5 Å². The van der Waals surface area contributed by atoms with Gasteiger partial charge in [-0.15, -0.1) is 0 Å². The zero-order valence-corrected chi connectivity index (χ0v) is 10.9. The highest BCUT2D eigenvalue weighted by Crippen LogP contribution is 2.24. The van der Waals surface area contributed by atoms with Gasteiger partial charge in [-0.3, -0.25) is 0 Å². The number of hydrogen-bond donors (Lipinski definition) is 1. The van der Waals surface area contributed by atoms with E-state index in [-0.39, 0.29) is 12.3 Å². The van der Waals surface area contributed by atoms with Gasteiger partial charge in [0.1, 0.15) is 6.17 Å². The molecule has 0 radical (unpaired) electrons. The quantitative estimate of drug-likeness (QED) is 0.566. The molecule has 6 nitrogen and oxygen atoms in total. The first kappa shape index (κ1) is 11.0. The van der Waals surface area contributed by atoms with Gasteiger partial charge in [0.25, 0.3) is 0 Å². The highest BCUT2D eigenvalue weighted by molar-refractivity contribution is 7.80. The predicted molar refractivity (Wildman–Crippen MR) is 68.7 cm³/mol. The Balaban J connectivity index is 1.76. The van der Waals surface area contributed by atoms with Crippen LogP contribution in [0.2, 0.25) is 0 Å². The highest BCUT2D eigenvalue weighted by Gasteiger charge is 2.44. The van der Waals surface area contributed by atoms with E-state index in [1.54, 1.807) is 0 Å². The molecule has 1 N–H and O–H groups in total. The second-order valence-corrected chi connectivity index (χ2v) is 4.92. The smallest absolute Gasteiger partial charge is 0.198 e. The van der Waals surface area contributed by atoms with Crippen LogP contribution in [0.25, 0.3) is 0 Å². The maximum absolute atomic E-state index is 5.35. The molecular formula is C10H17N5OS. The molecule has 0 aromatic carbocycles. The number of morpholine rings is 1. The summed E-state index contributed by atoms with van der Waals surface area (Å²) in [4.78, 5) is 11.1. The standard InChI is InChI=1S/C10H17N5OS/c1-13-7-8(14(2)10(13)17)12-9(11-7)15-3-5-16-6-4-15/h7-8H,3-6H2,1-2H3,(H,11,12). The van der Waals surface area contributed by atoms with Crippen LogP contribution < -0.4 is 5.32 Å². The molecule has 3 aliphatic heterocycles. The minimum absolute atomic E-state index is 0.102. The Kier molecular flexibility index (Phi) is 2.59. The van der Waals surface area contributed by atoms with E-state index in [2.05, 4.69) is 15.1 Å². The average Bonchev–Trinajstić information content (AvgIpc) is 2.88. The van der Waals surface area contributed by atoms with Crippen molar-refractivity contribution >= 4 is 23.3 Å². The highest BCUT2D eigenvalue weighted by atomic mass is 32.1. The van der Waals surface area contributed by atoms with Crippen LogP contribution in [0, 0.1) is 0 Å². The molecule has 94 valence electrons. The number of ether oxygens (including phenoxy) is 1. The van der Waals surface area contributed by atoms with Crippen LogP contribution in [-0.2, 0) is 4.74 Å². The second kappa shape index (κ2) is 3.99. The first-order valence-electron chi connectivity index (χ1n) is 5.85. The van der Waals surface area contributed by atoms with Crippen molar-refractivity contribution in [1.82, 2.24) is 20.0 Å². The number of nitrogens with zero attached hydrogens (tertiary/aromatic N) is 4. The van der Waals surface area contributed by atoms with Crippen molar-refractivity contribution in [2.24, 2.45) is 4.99 Å². The van der Waals surface area contributed by atoms with Gasteiger partial charge in [-0.25, -0.2) is 4.99 Å². The van der Waals surface area contributed by atoms with Crippen LogP contribution in [0.5, 0.6) is 0 Å². The zero-order valence-electron chi connectivity index (χ0n) is 10.1. The van der Waals surface area contributed by atoms with E-state index in [1.165, 1.54) is 0 Å². The topological polar surface area (TPSA) is 43.3 Å². The van der Waals surface area contributed by atoms with Gasteiger partial charge in [0.15, 0.2) is 17.2 Å². The summed E-state index contributed by atoms with van der Waals surface area (Å²) in [5, 5.41) is 4.30. The molecule has 3 rings (SSSR count). The molecule has 0 spiro atoms. The molecule has 3 heterocycles. The Bertz CT molecular complexity index is 368. The third kappa shape index (κ3) is 1.64. The average molecular weight is 255 g/mol. The summed E-state index contributed by atoms with van der Waals surface area (Å²) < 4.78 is 5.35. The Labute approximate surface area is 106 Å². The maximum Gasteiger partial charge on any atom is 0.198 e. The van der Waals surface area contributed by atoms with Gasteiger partial charge < -0.3 is 24.8 Å². The first-order valence-corrected chi connectivity index (χ1v) is 6.26. The molecule has 2 fully saturated rings. The van der Waals surface area contributed by atoms with Crippen LogP contribution in [0.1, 0.15) is 0 Å². The van der Waals surface area contributed by atoms with E-state index in [9.17, 15) is 0 Å². The van der Waals surface area contributed by atoms with E-state index < -0.39 is 0 Å². The minimum atomic E-state index is 0.102. The van der Waals surface area contributed by atoms with Crippen molar-refractivity contribution in [2.75, 3.05) is 40.4 Å². The summed E-state index contributed by atoms with van der Waals surface area (Å²) in [6, 6.07) is 0. The number of rotatable bonds is 0. The fourth-order valence-corrected chi connectivity index (χ4v) is 2.69. The lowest BCUT2D eigenvalue weighted by molar-refractivity contribution is 0.0665. The van der Waals surface area contributed by atoms with Crippen molar-refractivity contribution < 1.29 is 4.74 Å². The van der Waals surface area contributed by atoms with Gasteiger partial charge in [0, 0.05) is 27.2 Å². The number of thiocarbonyl (C=S) groups is 1. The second-order valence-electron chi connectivity index (χ2n) is 4.56. The van der Waals surface area contributed by atoms with Crippen LogP contribution >= 0.6 is 12.2 Å². The van der Waals surface area contributed by atoms with E-state index in [1.807, 2.05) is 19.0 Å². The summed E-state index contributed by atoms with van der Waals surface area (Å²) in [6.45, 7) is 3.37. The molecule has 0 bridgehead atoms. The largest absolute Gasteiger partial charge is 0.378 e. The monoisotopic (exact) mass is 255 g/mol. The van der Waals surface area contributed by atoms with Gasteiger partial charge in [0.05, 0.1) is 13.2 Å². The molecule has 0 aromatic heterocycles. The van der Waals surface area contributed by atoms with Gasteiger partial charge in [-0.05, 0) is 12.2 Å². The van der Waals surface area contributed by atoms with Crippen LogP contribution in [0.4, 0.5) is 0 Å². The summed E-state index contributed by atoms with van der Waals surface area (Å²) in [5.74, 6) is 0.976. The molecule has 2 saturated heterocycles. The lowest BCUT2D eigenvalue weighted by Gasteiger charge is -2.30. The van der Waals surface area contributed by atoms with Crippen molar-refractivity contribution in [3.05, 3.63) is 0 Å². The zero-order chi connectivity index (χ0) is 12.0. The first-order chi connectivity index (χ1) is 8.18. The number of aliphatic imine (C=N–C) groups is 1. The number of hydrogen-bond acceptors (Lipinski definition) is 5. The summed E-state index contributed by atoms with van der Waals surface area (Å²) >= 11 is 5.32. The molecular weight excluding hydrogens is 238 g/mol. The molecule has 0 aliphatic carbocycles. The van der Waals surface area contributed by atoms with Gasteiger partial charge in [-0.1, -0.05) is 0 Å². The number of guanidine groups is 1. The lowest BCUT2D eigenvalue weighted by Crippen LogP contribution is -2.50. The molecule has 3 aliphatic rings. The van der Waals surface area contributed by atoms with E-state index >= 15 is 0 Å². The molecule has 0 saturated carbocycles. The Morgan fingerprint density at radius 3 is 2.65 bits per heavy atom. The molecule has 0 amide bonds. The van der Waals surface area contributed by atoms with Gasteiger partial charge in [-0.2, -0.15) is 0 Å². The Morgan fingerprint density at radius 2 is 2.00 bits per heavy atom. The molecule has 2 atom stereocenters. The van der Waals surface area contributed by atoms with E-state index in [0.29, 0.717) is 0 Å². The predicted octanol–water partition coefficient (Wildman–Crippen LogP) is -0.908. The van der Waals surface area contributed by atoms with E-state index in [4.69, 9.17) is 21.9 Å². The molecule has 0 aromatic rings. The Morgan fingerprint density at radius 1 is 1.29 bits per heavy atom. The molecule has 7 heteroatoms. The maximum atomic E-state index is 5.35. The number of likely N-dealkylation sites (N-methyl/N-ethyl adjacent to an activating group) is 2. The fraction of sp³-hybridized carbons (Fsp3) is 0.800. The van der Waals surface area contributed by atoms with Crippen molar-refractivity contribution in [2.45, 2.75) is 12.3 Å². The summed E-state index contributed by atoms with van der Waals surface area (Å²) in [7, 11) is 4.01. The molecule has 2 unspecified atom stereocenters. The Hall–Kier alpha value is -1.08. The normalized spacial score (nSPS) is 32.7. The van der Waals surface area contributed by atoms with Crippen LogP contribution in [0.3, 0.4) is 0 Å². The van der Waals surface area contributed by atoms with Crippen LogP contribution in [0.15, 0.2) is 4.99 Å². The van der Waals surface area contributed by atoms with Crippen molar-refractivity contribution in [3.8, 4) is 0 Å². The van der Waals surface area contributed by atoms with Gasteiger partial charge >= 0.3 is 0 Å². The minimum Gasteiger partial charge on any atom is -0.378 e. The SMILES string of the molecule is CN1C(=S)N(C)C2NC(N3CCOCC3)=NC21. The number of nitrogens with one attached hydrogen (secondary N) is 1. The third-order valence-electron chi connectivity index (χ3n) is 3.54.